The van der Waals surface area contributed by atoms with Crippen LogP contribution in [0.15, 0.2) is 111 Å². The average molecular weight is 1480 g/mol. The first-order valence-electron chi connectivity index (χ1n) is 33.4. The first kappa shape index (κ1) is 86.4. The lowest BCUT2D eigenvalue weighted by molar-refractivity contribution is -0.191. The van der Waals surface area contributed by atoms with Gasteiger partial charge in [-0.3, -0.25) is 9.59 Å². The lowest BCUT2D eigenvalue weighted by Gasteiger charge is -2.20. The molecule has 8 rings (SSSR count). The van der Waals surface area contributed by atoms with Crippen molar-refractivity contribution in [3.63, 3.8) is 0 Å². The summed E-state index contributed by atoms with van der Waals surface area (Å²) >= 11 is 0. The number of nitrogens with two attached hydrogens (primary N) is 2. The molecule has 4 aliphatic rings. The molecule has 570 valence electrons. The number of rotatable bonds is 44. The van der Waals surface area contributed by atoms with E-state index in [1.54, 1.807) is 79.7 Å². The van der Waals surface area contributed by atoms with Gasteiger partial charge in [-0.1, -0.05) is 30.3 Å². The number of carbonyl (C=O) groups is 4. The van der Waals surface area contributed by atoms with E-state index >= 15 is 0 Å². The molecule has 2 aliphatic carbocycles. The van der Waals surface area contributed by atoms with Gasteiger partial charge in [0.25, 0.3) is 5.91 Å². The number of fused-ring (bicyclic) bond motifs is 4. The Morgan fingerprint density at radius 2 is 0.867 bits per heavy atom. The number of benzene rings is 6. The number of nitrogens with one attached hydrogen (secondary N) is 3. The van der Waals surface area contributed by atoms with Crippen LogP contribution in [0.1, 0.15) is 57.7 Å². The number of aryl methyl sites for hydroxylation is 1. The number of carboxylic acid groups (broad SMARTS) is 2. The van der Waals surface area contributed by atoms with Crippen molar-refractivity contribution < 1.29 is 118 Å². The number of anilines is 2. The maximum atomic E-state index is 13.2. The van der Waals surface area contributed by atoms with Crippen LogP contribution in [-0.2, 0) is 86.1 Å². The van der Waals surface area contributed by atoms with Gasteiger partial charge in [-0.25, -0.2) is 13.2 Å². The summed E-state index contributed by atoms with van der Waals surface area (Å²) in [6.07, 6.45) is 0.232. The van der Waals surface area contributed by atoms with E-state index in [4.69, 9.17) is 103 Å². The van der Waals surface area contributed by atoms with Crippen molar-refractivity contribution in [2.75, 3.05) is 177 Å². The number of ketones is 1. The number of amides is 1. The van der Waals surface area contributed by atoms with Crippen LogP contribution in [0.3, 0.4) is 0 Å². The summed E-state index contributed by atoms with van der Waals surface area (Å²) in [4.78, 5) is 60.4. The number of hydrogen-bond acceptors (Lipinski definition) is 27. The van der Waals surface area contributed by atoms with Crippen molar-refractivity contribution in [3.05, 3.63) is 136 Å². The Labute approximate surface area is 607 Å². The normalized spacial score (nSPS) is 11.2. The third kappa shape index (κ3) is 29.0. The molecule has 4 aromatic carbocycles. The second kappa shape index (κ2) is 47.3. The largest absolute Gasteiger partial charge is 0.744 e. The molecule has 105 heavy (non-hydrogen) atoms. The molecule has 0 bridgehead atoms. The fraction of sp³-hybridized carbons (Fsp3) is 0.419. The summed E-state index contributed by atoms with van der Waals surface area (Å²) in [6.45, 7) is 18.4. The SMILES string of the molecule is CC(C)=O.Cc1c2oc3c(C)c(N)ccc3c(-c3ccccc3C(=O)O)c-2ccc1=N.Cc1c2oc3c(S(=O)(=O)[O-])c(N)ccc3c(-c3cccc(C(=O)NCCOCCOCCOCCOCCOCCOCCOCCOCCOCCOCCOCCOCCC(=O)O)c3)c-2ccc1=N.O=C=O. The maximum Gasteiger partial charge on any atom is 0.373 e. The third-order valence-corrected chi connectivity index (χ3v) is 16.0. The molecule has 0 spiro atoms. The Morgan fingerprint density at radius 3 is 1.29 bits per heavy atom. The summed E-state index contributed by atoms with van der Waals surface area (Å²) in [6, 6.07) is 27.0. The molecule has 1 amide bonds. The lowest BCUT2D eigenvalue weighted by atomic mass is 9.89. The molecule has 4 aromatic rings. The number of carboxylic acids is 2. The minimum Gasteiger partial charge on any atom is -0.744 e. The molecule has 9 N–H and O–H groups in total. The minimum atomic E-state index is -5.04. The Bertz CT molecular complexity index is 4270. The van der Waals surface area contributed by atoms with Crippen molar-refractivity contribution in [1.82, 2.24) is 5.32 Å². The molecule has 30 nitrogen and oxygen atoms in total. The van der Waals surface area contributed by atoms with Gasteiger partial charge in [-0.15, -0.1) is 0 Å². The van der Waals surface area contributed by atoms with Crippen molar-refractivity contribution in [1.29, 1.82) is 10.8 Å². The van der Waals surface area contributed by atoms with E-state index in [0.29, 0.717) is 212 Å². The predicted molar refractivity (Wildman–Crippen MR) is 382 cm³/mol. The highest BCUT2D eigenvalue weighted by Crippen LogP contribution is 2.45. The summed E-state index contributed by atoms with van der Waals surface area (Å²) in [5, 5.41) is 39.1. The van der Waals surface area contributed by atoms with Crippen molar-refractivity contribution in [2.24, 2.45) is 0 Å². The number of aromatic carboxylic acids is 1. The van der Waals surface area contributed by atoms with Crippen LogP contribution in [-0.4, -0.2) is 218 Å². The Kier molecular flexibility index (Phi) is 38.9. The highest BCUT2D eigenvalue weighted by atomic mass is 32.2. The van der Waals surface area contributed by atoms with Crippen molar-refractivity contribution >= 4 is 73.2 Å². The van der Waals surface area contributed by atoms with Crippen LogP contribution in [0.25, 0.3) is 66.8 Å². The predicted octanol–water partition coefficient (Wildman–Crippen LogP) is 7.48. The van der Waals surface area contributed by atoms with E-state index in [0.717, 1.165) is 22.1 Å². The van der Waals surface area contributed by atoms with E-state index in [2.05, 4.69) is 5.32 Å². The number of ether oxygens (including phenoxy) is 12. The number of hydrogen-bond donors (Lipinski definition) is 7. The van der Waals surface area contributed by atoms with E-state index in [9.17, 15) is 37.3 Å². The molecule has 0 saturated heterocycles. The zero-order chi connectivity index (χ0) is 76.5. The smallest absolute Gasteiger partial charge is 0.373 e. The van der Waals surface area contributed by atoms with Gasteiger partial charge in [0.05, 0.1) is 187 Å². The van der Waals surface area contributed by atoms with Crippen LogP contribution >= 0.6 is 0 Å². The van der Waals surface area contributed by atoms with E-state index in [1.165, 1.54) is 19.9 Å². The first-order chi connectivity index (χ1) is 50.5. The molecule has 0 fully saturated rings. The summed E-state index contributed by atoms with van der Waals surface area (Å²) in [7, 11) is -5.04. The summed E-state index contributed by atoms with van der Waals surface area (Å²) < 4.78 is 114. The van der Waals surface area contributed by atoms with Crippen molar-refractivity contribution in [3.8, 4) is 44.9 Å². The molecular weight excluding hydrogens is 1390 g/mol. The van der Waals surface area contributed by atoms with E-state index < -0.39 is 27.0 Å². The van der Waals surface area contributed by atoms with Crippen LogP contribution < -0.4 is 27.5 Å². The topological polar surface area (TPSA) is 449 Å². The molecule has 0 atom stereocenters. The Morgan fingerprint density at radius 1 is 0.486 bits per heavy atom. The van der Waals surface area contributed by atoms with Gasteiger partial charge in [0.1, 0.15) is 37.9 Å². The van der Waals surface area contributed by atoms with E-state index in [-0.39, 0.29) is 72.0 Å². The molecule has 31 heteroatoms. The number of aliphatic carboxylic acids is 1. The highest BCUT2D eigenvalue weighted by molar-refractivity contribution is 7.86. The van der Waals surface area contributed by atoms with Gasteiger partial charge in [0.15, 0.2) is 5.58 Å². The zero-order valence-electron chi connectivity index (χ0n) is 59.5. The van der Waals surface area contributed by atoms with Crippen LogP contribution in [0, 0.1) is 31.6 Å². The standard InChI is InChI=1S/C48H69N3O19S.C22H18N2O3.C3H6O.CO2/c1-36-41(49)7-5-39-44(40-6-8-42(50)47(71(55,56)57)46(40)70-45(36)39)37-3-2-4-38(35-37)48(54)51-10-12-59-14-16-61-18-20-63-22-24-65-26-28-67-30-32-69-34-33-68-31-29-66-27-25-64-23-21-62-19-17-60-15-13-58-11-9-43(52)53;1-11-17(23)9-7-15-19(13-5-3-4-6-14(13)22(25)26)16-8-10-18(24)12(2)21(16)27-20(11)15;1-3(2)4;2-1-3/h2-8,35,49H,9-34,50H2,1H3,(H,51,54)(H,52,53)(H,55,56,57);3-10,23H,24H2,1-2H3,(H,25,26);1-2H3;/p-1. The summed E-state index contributed by atoms with van der Waals surface area (Å²) in [5.74, 6) is -1.28. The third-order valence-electron chi connectivity index (χ3n) is 15.1. The zero-order valence-corrected chi connectivity index (χ0v) is 60.3. The van der Waals surface area contributed by atoms with Gasteiger partial charge in [-0.05, 0) is 112 Å². The second-order valence-electron chi connectivity index (χ2n) is 22.8. The summed E-state index contributed by atoms with van der Waals surface area (Å²) in [5.41, 5.74) is 19.0. The monoisotopic (exact) mass is 1480 g/mol. The van der Waals surface area contributed by atoms with Crippen molar-refractivity contribution in [2.45, 2.75) is 45.9 Å². The average Bonchev–Trinajstić information content (AvgIpc) is 0.742. The van der Waals surface area contributed by atoms with Crippen LogP contribution in [0.4, 0.5) is 11.4 Å². The number of Topliss-reactive ketones (excluding diaryl/α,β-unsaturated/α-hetero) is 1. The molecule has 0 saturated carbocycles. The number of carbonyl (C=O) groups excluding carboxylic acids is 4. The molecule has 0 radical (unpaired) electrons. The van der Waals surface area contributed by atoms with E-state index in [1.807, 2.05) is 32.0 Å². The number of nitrogen functional groups attached to an aromatic ring is 2. The first-order valence-corrected chi connectivity index (χ1v) is 34.9. The molecule has 2 heterocycles. The minimum absolute atomic E-state index is 0.0177. The fourth-order valence-corrected chi connectivity index (χ4v) is 10.8. The van der Waals surface area contributed by atoms with Gasteiger partial charge in [0, 0.05) is 67.5 Å². The molecule has 0 aromatic heterocycles. The molecule has 0 unspecified atom stereocenters. The van der Waals surface area contributed by atoms with Crippen LogP contribution in [0.2, 0.25) is 0 Å². The van der Waals surface area contributed by atoms with Gasteiger partial charge in [0.2, 0.25) is 0 Å². The van der Waals surface area contributed by atoms with Gasteiger partial charge >= 0.3 is 18.1 Å². The second-order valence-corrected chi connectivity index (χ2v) is 24.1. The van der Waals surface area contributed by atoms with Gasteiger partial charge in [-0.2, -0.15) is 9.59 Å². The quantitative estimate of drug-likeness (QED) is 0.00842. The Hall–Kier alpha value is -9.25. The Balaban J connectivity index is 0.000000474. The lowest BCUT2D eigenvalue weighted by Crippen LogP contribution is -2.27. The molecule has 2 aliphatic heterocycles. The van der Waals surface area contributed by atoms with Gasteiger partial charge < -0.3 is 113 Å². The van der Waals surface area contributed by atoms with Crippen LogP contribution in [0.5, 0.6) is 0 Å². The molecular formula is C74H92N5O25S-. The maximum absolute atomic E-state index is 13.2. The fourth-order valence-electron chi connectivity index (χ4n) is 10.0. The highest BCUT2D eigenvalue weighted by Gasteiger charge is 2.26.